The fourth-order valence-electron chi connectivity index (χ4n) is 4.71. The Morgan fingerprint density at radius 1 is 0.927 bits per heavy atom. The molecule has 0 aliphatic heterocycles. The van der Waals surface area contributed by atoms with Gasteiger partial charge in [-0.2, -0.15) is 0 Å². The SMILES string of the molecule is C=Ic1cc(I)ccc1-n1c(=O)n(Cc2ccc(OC)cc2)c(=O)c2c(Oc3ccc(C)cc3C)cc(=O)n(C)c21. The average molecular weight is 775 g/mol. The minimum absolute atomic E-state index is 0.0164. The van der Waals surface area contributed by atoms with Crippen molar-refractivity contribution in [3.63, 3.8) is 0 Å². The normalized spacial score (nSPS) is 11.1. The van der Waals surface area contributed by atoms with Gasteiger partial charge in [-0.05, 0) is 84.0 Å². The summed E-state index contributed by atoms with van der Waals surface area (Å²) in [5, 5.41) is 0.131. The number of halogens is 2. The van der Waals surface area contributed by atoms with E-state index in [4.69, 9.17) is 9.47 Å². The number of aromatic nitrogens is 3. The average Bonchev–Trinajstić information content (AvgIpc) is 2.95. The van der Waals surface area contributed by atoms with Gasteiger partial charge < -0.3 is 9.47 Å². The van der Waals surface area contributed by atoms with Gasteiger partial charge in [0.25, 0.3) is 11.1 Å². The quantitative estimate of drug-likeness (QED) is 0.204. The van der Waals surface area contributed by atoms with Crippen LogP contribution in [0.2, 0.25) is 0 Å². The van der Waals surface area contributed by atoms with Crippen LogP contribution in [0.15, 0.2) is 81.1 Å². The molecule has 0 spiro atoms. The van der Waals surface area contributed by atoms with Crippen molar-refractivity contribution in [3.8, 4) is 22.9 Å². The minimum atomic E-state index is -0.705. The van der Waals surface area contributed by atoms with E-state index in [0.29, 0.717) is 17.2 Å². The number of ether oxygens (including phenoxy) is 2. The zero-order valence-electron chi connectivity index (χ0n) is 22.9. The highest BCUT2D eigenvalue weighted by Gasteiger charge is 2.23. The molecule has 8 nitrogen and oxygen atoms in total. The largest absolute Gasteiger partial charge is 0.497 e. The van der Waals surface area contributed by atoms with Crippen molar-refractivity contribution in [3.05, 3.63) is 122 Å². The highest BCUT2D eigenvalue weighted by Crippen LogP contribution is 2.31. The van der Waals surface area contributed by atoms with E-state index in [1.807, 2.05) is 62.4 Å². The molecule has 0 aliphatic carbocycles. The van der Waals surface area contributed by atoms with E-state index in [9.17, 15) is 14.4 Å². The molecular formula is C31H27I2N3O5. The lowest BCUT2D eigenvalue weighted by Crippen LogP contribution is -2.42. The molecule has 210 valence electrons. The molecule has 5 aromatic rings. The van der Waals surface area contributed by atoms with Gasteiger partial charge in [-0.25, -0.2) is 9.36 Å². The fourth-order valence-corrected chi connectivity index (χ4v) is 7.17. The number of methoxy groups -OCH3 is 1. The van der Waals surface area contributed by atoms with Crippen molar-refractivity contribution in [2.45, 2.75) is 20.4 Å². The van der Waals surface area contributed by atoms with Crippen molar-refractivity contribution in [1.82, 2.24) is 13.7 Å². The van der Waals surface area contributed by atoms with Gasteiger partial charge in [0.15, 0.2) is 0 Å². The molecular weight excluding hydrogens is 748 g/mol. The molecule has 0 saturated carbocycles. The topological polar surface area (TPSA) is 84.5 Å². The molecule has 0 radical (unpaired) electrons. The third kappa shape index (κ3) is 5.54. The van der Waals surface area contributed by atoms with Crippen molar-refractivity contribution < 1.29 is 9.47 Å². The van der Waals surface area contributed by atoms with Crippen LogP contribution in [-0.4, -0.2) is 25.3 Å². The zero-order chi connectivity index (χ0) is 29.4. The summed E-state index contributed by atoms with van der Waals surface area (Å²) in [7, 11) is 3.13. The van der Waals surface area contributed by atoms with E-state index in [1.165, 1.54) is 19.8 Å². The second-order valence-electron chi connectivity index (χ2n) is 9.56. The molecule has 10 heteroatoms. The van der Waals surface area contributed by atoms with Gasteiger partial charge in [0.1, 0.15) is 28.3 Å². The predicted molar refractivity (Wildman–Crippen MR) is 180 cm³/mol. The summed E-state index contributed by atoms with van der Waals surface area (Å²) in [6.45, 7) is 3.90. The fraction of sp³-hybridized carbons (Fsp3) is 0.161. The Morgan fingerprint density at radius 3 is 2.32 bits per heavy atom. The predicted octanol–water partition coefficient (Wildman–Crippen LogP) is 5.49. The first kappa shape index (κ1) is 29.0. The first-order valence-electron chi connectivity index (χ1n) is 12.6. The summed E-state index contributed by atoms with van der Waals surface area (Å²) in [6, 6.07) is 19.9. The molecule has 2 aromatic heterocycles. The Hall–Kier alpha value is -3.52. The number of fused-ring (bicyclic) bond motifs is 1. The Balaban J connectivity index is 1.89. The van der Waals surface area contributed by atoms with E-state index in [-0.39, 0.29) is 23.3 Å². The highest BCUT2D eigenvalue weighted by molar-refractivity contribution is 14.2. The third-order valence-electron chi connectivity index (χ3n) is 6.81. The lowest BCUT2D eigenvalue weighted by atomic mass is 10.1. The van der Waals surface area contributed by atoms with Crippen LogP contribution in [0.5, 0.6) is 17.2 Å². The molecule has 41 heavy (non-hydrogen) atoms. The molecule has 2 heterocycles. The van der Waals surface area contributed by atoms with E-state index in [0.717, 1.165) is 23.8 Å². The van der Waals surface area contributed by atoms with Crippen molar-refractivity contribution in [2.75, 3.05) is 7.11 Å². The molecule has 0 fully saturated rings. The van der Waals surface area contributed by atoms with Gasteiger partial charge in [0.05, 0.1) is 19.3 Å². The van der Waals surface area contributed by atoms with Gasteiger partial charge >= 0.3 is 5.69 Å². The lowest BCUT2D eigenvalue weighted by Gasteiger charge is -2.20. The second kappa shape index (κ2) is 11.8. The van der Waals surface area contributed by atoms with E-state index < -0.39 is 37.5 Å². The first-order valence-corrected chi connectivity index (χ1v) is 16.3. The van der Waals surface area contributed by atoms with Crippen LogP contribution in [0.3, 0.4) is 0 Å². The third-order valence-corrected chi connectivity index (χ3v) is 9.17. The number of pyridine rings is 1. The Bertz CT molecular complexity index is 2010. The van der Waals surface area contributed by atoms with Crippen LogP contribution in [0.25, 0.3) is 16.7 Å². The lowest BCUT2D eigenvalue weighted by molar-refractivity contribution is 0.414. The molecule has 0 aliphatic rings. The number of hydrogen-bond donors (Lipinski definition) is 0. The van der Waals surface area contributed by atoms with E-state index >= 15 is 0 Å². The van der Waals surface area contributed by atoms with Gasteiger partial charge in [0, 0.05) is 20.3 Å². The maximum atomic E-state index is 14.2. The second-order valence-corrected chi connectivity index (χ2v) is 12.7. The van der Waals surface area contributed by atoms with Gasteiger partial charge in [-0.15, -0.1) is 0 Å². The monoisotopic (exact) mass is 775 g/mol. The Morgan fingerprint density at radius 2 is 1.66 bits per heavy atom. The van der Waals surface area contributed by atoms with Crippen LogP contribution in [0.4, 0.5) is 0 Å². The van der Waals surface area contributed by atoms with E-state index in [2.05, 4.69) is 27.1 Å². The summed E-state index contributed by atoms with van der Waals surface area (Å²) >= 11 is 1.52. The number of aryl methyl sites for hydroxylation is 3. The molecule has 3 aromatic carbocycles. The minimum Gasteiger partial charge on any atom is -0.497 e. The molecule has 0 atom stereocenters. The van der Waals surface area contributed by atoms with Gasteiger partial charge in [-0.1, -0.05) is 55.1 Å². The number of nitrogens with zero attached hydrogens (tertiary/aromatic N) is 3. The standard InChI is InChI=1S/C31H27I2N3O5/c1-18-6-13-25(19(2)14-18)41-26-16-27(37)34(4)29-28(26)30(38)35(17-20-7-10-22(40-5)11-8-20)31(39)36(29)24-12-9-21(32)15-23(24)33-3/h6-16H,3,17H2,1-2,4-5H3. The smallest absolute Gasteiger partial charge is 0.337 e. The maximum absolute atomic E-state index is 14.2. The zero-order valence-corrected chi connectivity index (χ0v) is 27.2. The summed E-state index contributed by atoms with van der Waals surface area (Å²) in [5.41, 5.74) is 1.89. The van der Waals surface area contributed by atoms with Crippen LogP contribution in [0.1, 0.15) is 16.7 Å². The number of benzene rings is 3. The van der Waals surface area contributed by atoms with Gasteiger partial charge in [-0.3, -0.25) is 18.7 Å². The molecule has 0 amide bonds. The Labute approximate surface area is 259 Å². The molecule has 0 unspecified atom stereocenters. The van der Waals surface area contributed by atoms with Crippen molar-refractivity contribution in [2.24, 2.45) is 7.05 Å². The maximum Gasteiger partial charge on any atom is 0.337 e. The van der Waals surface area contributed by atoms with Crippen LogP contribution < -0.4 is 26.3 Å². The Kier molecular flexibility index (Phi) is 8.32. The first-order chi connectivity index (χ1) is 19.6. The van der Waals surface area contributed by atoms with Crippen LogP contribution in [0, 0.1) is 21.0 Å². The summed E-state index contributed by atoms with van der Waals surface area (Å²) in [4.78, 5) is 41.7. The summed E-state index contributed by atoms with van der Waals surface area (Å²) < 4.78 is 21.6. The number of hydrogen-bond acceptors (Lipinski definition) is 5. The van der Waals surface area contributed by atoms with Crippen molar-refractivity contribution >= 4 is 58.9 Å². The molecule has 0 N–H and O–H groups in total. The van der Waals surface area contributed by atoms with Crippen molar-refractivity contribution in [1.29, 1.82) is 0 Å². The van der Waals surface area contributed by atoms with Crippen LogP contribution in [-0.2, 0) is 13.6 Å². The summed E-state index contributed by atoms with van der Waals surface area (Å²) in [6.07, 6.45) is 0. The molecule has 5 rings (SSSR count). The summed E-state index contributed by atoms with van der Waals surface area (Å²) in [5.74, 6) is 1.27. The van der Waals surface area contributed by atoms with Gasteiger partial charge in [0.2, 0.25) is 0 Å². The number of rotatable bonds is 7. The van der Waals surface area contributed by atoms with E-state index in [1.54, 1.807) is 26.3 Å². The van der Waals surface area contributed by atoms with Crippen LogP contribution >= 0.6 is 43.3 Å². The molecule has 0 saturated heterocycles. The highest BCUT2D eigenvalue weighted by atomic mass is 127. The molecule has 0 bridgehead atoms.